The van der Waals surface area contributed by atoms with Gasteiger partial charge in [0.1, 0.15) is 0 Å². The van der Waals surface area contributed by atoms with Crippen molar-refractivity contribution in [1.29, 1.82) is 0 Å². The highest BCUT2D eigenvalue weighted by Gasteiger charge is 2.21. The van der Waals surface area contributed by atoms with Crippen LogP contribution in [-0.4, -0.2) is 47.3 Å². The third-order valence-electron chi connectivity index (χ3n) is 2.29. The Morgan fingerprint density at radius 1 is 1.47 bits per heavy atom. The van der Waals surface area contributed by atoms with Crippen molar-refractivity contribution in [2.24, 2.45) is 0 Å². The van der Waals surface area contributed by atoms with E-state index in [1.165, 1.54) is 4.90 Å². The van der Waals surface area contributed by atoms with Gasteiger partial charge in [0.25, 0.3) is 0 Å². The number of halogens is 1. The molecule has 0 atom stereocenters. The van der Waals surface area contributed by atoms with Crippen molar-refractivity contribution < 1.29 is 9.90 Å². The Labute approximate surface area is 105 Å². The fourth-order valence-electron chi connectivity index (χ4n) is 1.48. The minimum atomic E-state index is -0.830. The SMILES string of the molecule is O=C(O)N1CCN(c2ncc(I)s2)CC1. The van der Waals surface area contributed by atoms with Crippen molar-refractivity contribution >= 4 is 45.2 Å². The van der Waals surface area contributed by atoms with Crippen molar-refractivity contribution in [2.75, 3.05) is 31.1 Å². The van der Waals surface area contributed by atoms with Gasteiger partial charge in [-0.15, -0.1) is 0 Å². The number of piperazine rings is 1. The number of hydrogen-bond donors (Lipinski definition) is 1. The maximum atomic E-state index is 10.7. The number of anilines is 1. The van der Waals surface area contributed by atoms with Crippen molar-refractivity contribution in [2.45, 2.75) is 0 Å². The Morgan fingerprint density at radius 2 is 2.13 bits per heavy atom. The molecule has 0 aromatic carbocycles. The number of amides is 1. The summed E-state index contributed by atoms with van der Waals surface area (Å²) >= 11 is 3.88. The topological polar surface area (TPSA) is 56.7 Å². The first-order valence-electron chi connectivity index (χ1n) is 4.51. The highest BCUT2D eigenvalue weighted by atomic mass is 127. The smallest absolute Gasteiger partial charge is 0.407 e. The predicted octanol–water partition coefficient (Wildman–Crippen LogP) is 1.55. The third kappa shape index (κ3) is 2.51. The van der Waals surface area contributed by atoms with Gasteiger partial charge in [0.05, 0.1) is 9.08 Å². The quantitative estimate of drug-likeness (QED) is 0.789. The Bertz CT molecular complexity index is 363. The number of carboxylic acid groups (broad SMARTS) is 1. The molecule has 15 heavy (non-hydrogen) atoms. The molecule has 5 nitrogen and oxygen atoms in total. The van der Waals surface area contributed by atoms with Crippen LogP contribution in [0.25, 0.3) is 0 Å². The van der Waals surface area contributed by atoms with E-state index in [0.717, 1.165) is 21.1 Å². The summed E-state index contributed by atoms with van der Waals surface area (Å²) in [6, 6.07) is 0. The van der Waals surface area contributed by atoms with E-state index in [0.29, 0.717) is 13.1 Å². The van der Waals surface area contributed by atoms with Gasteiger partial charge in [-0.3, -0.25) is 0 Å². The number of rotatable bonds is 1. The van der Waals surface area contributed by atoms with Gasteiger partial charge in [0, 0.05) is 26.2 Å². The number of carbonyl (C=O) groups is 1. The van der Waals surface area contributed by atoms with Gasteiger partial charge in [0.15, 0.2) is 5.13 Å². The normalized spacial score (nSPS) is 16.9. The zero-order valence-corrected chi connectivity index (χ0v) is 10.9. The van der Waals surface area contributed by atoms with Crippen LogP contribution >= 0.6 is 33.9 Å². The lowest BCUT2D eigenvalue weighted by Gasteiger charge is -2.32. The minimum absolute atomic E-state index is 0.561. The Balaban J connectivity index is 1.96. The number of nitrogens with zero attached hydrogens (tertiary/aromatic N) is 3. The molecule has 1 amide bonds. The van der Waals surface area contributed by atoms with E-state index in [1.54, 1.807) is 11.3 Å². The van der Waals surface area contributed by atoms with Crippen LogP contribution in [0.3, 0.4) is 0 Å². The molecule has 2 rings (SSSR count). The highest BCUT2D eigenvalue weighted by Crippen LogP contribution is 2.24. The predicted molar refractivity (Wildman–Crippen MR) is 66.6 cm³/mol. The van der Waals surface area contributed by atoms with Crippen LogP contribution in [0, 0.1) is 2.88 Å². The first kappa shape index (κ1) is 10.9. The lowest BCUT2D eigenvalue weighted by Crippen LogP contribution is -2.48. The molecule has 0 spiro atoms. The van der Waals surface area contributed by atoms with Gasteiger partial charge in [-0.25, -0.2) is 9.78 Å². The van der Waals surface area contributed by atoms with Crippen LogP contribution in [0.1, 0.15) is 0 Å². The van der Waals surface area contributed by atoms with Gasteiger partial charge in [-0.2, -0.15) is 0 Å². The molecule has 0 saturated carbocycles. The molecule has 7 heteroatoms. The summed E-state index contributed by atoms with van der Waals surface area (Å²) in [7, 11) is 0. The van der Waals surface area contributed by atoms with Gasteiger partial charge in [0.2, 0.25) is 0 Å². The maximum absolute atomic E-state index is 10.7. The first-order valence-corrected chi connectivity index (χ1v) is 6.40. The summed E-state index contributed by atoms with van der Waals surface area (Å²) in [6.07, 6.45) is 1.01. The molecule has 1 aromatic rings. The van der Waals surface area contributed by atoms with Crippen LogP contribution in [0.5, 0.6) is 0 Å². The molecule has 0 bridgehead atoms. The van der Waals surface area contributed by atoms with Crippen LogP contribution in [0.4, 0.5) is 9.93 Å². The van der Waals surface area contributed by atoms with Crippen molar-refractivity contribution in [3.8, 4) is 0 Å². The second kappa shape index (κ2) is 4.52. The monoisotopic (exact) mass is 339 g/mol. The van der Waals surface area contributed by atoms with Crippen molar-refractivity contribution in [3.63, 3.8) is 0 Å². The number of aromatic nitrogens is 1. The fraction of sp³-hybridized carbons (Fsp3) is 0.500. The largest absolute Gasteiger partial charge is 0.465 e. The molecule has 1 fully saturated rings. The van der Waals surface area contributed by atoms with Crippen LogP contribution in [-0.2, 0) is 0 Å². The third-order valence-corrected chi connectivity index (χ3v) is 4.07. The van der Waals surface area contributed by atoms with Crippen LogP contribution < -0.4 is 4.90 Å². The molecule has 1 saturated heterocycles. The average molecular weight is 339 g/mol. The van der Waals surface area contributed by atoms with E-state index >= 15 is 0 Å². The summed E-state index contributed by atoms with van der Waals surface area (Å²) in [4.78, 5) is 18.5. The molecule has 1 aliphatic heterocycles. The molecular formula is C8H10IN3O2S. The minimum Gasteiger partial charge on any atom is -0.465 e. The Morgan fingerprint density at radius 3 is 2.60 bits per heavy atom. The van der Waals surface area contributed by atoms with E-state index in [1.807, 2.05) is 6.20 Å². The molecule has 1 aromatic heterocycles. The molecular weight excluding hydrogens is 329 g/mol. The number of hydrogen-bond acceptors (Lipinski definition) is 4. The summed E-state index contributed by atoms with van der Waals surface area (Å²) in [5.74, 6) is 0. The lowest BCUT2D eigenvalue weighted by atomic mass is 10.3. The summed E-state index contributed by atoms with van der Waals surface area (Å²) < 4.78 is 1.16. The maximum Gasteiger partial charge on any atom is 0.407 e. The molecule has 1 aliphatic rings. The molecule has 0 aliphatic carbocycles. The molecule has 0 radical (unpaired) electrons. The molecule has 2 heterocycles. The van der Waals surface area contributed by atoms with Gasteiger partial charge < -0.3 is 14.9 Å². The van der Waals surface area contributed by atoms with Crippen molar-refractivity contribution in [3.05, 3.63) is 9.08 Å². The van der Waals surface area contributed by atoms with E-state index in [-0.39, 0.29) is 0 Å². The van der Waals surface area contributed by atoms with E-state index in [2.05, 4.69) is 32.5 Å². The summed E-state index contributed by atoms with van der Waals surface area (Å²) in [5.41, 5.74) is 0. The van der Waals surface area contributed by atoms with E-state index in [4.69, 9.17) is 5.11 Å². The van der Waals surface area contributed by atoms with E-state index in [9.17, 15) is 4.79 Å². The van der Waals surface area contributed by atoms with E-state index < -0.39 is 6.09 Å². The van der Waals surface area contributed by atoms with Gasteiger partial charge in [-0.1, -0.05) is 11.3 Å². The standard InChI is InChI=1S/C8H10IN3O2S/c9-6-5-10-7(15-6)11-1-3-12(4-2-11)8(13)14/h5H,1-4H2,(H,13,14). The fourth-order valence-corrected chi connectivity index (χ4v) is 2.91. The summed E-state index contributed by atoms with van der Waals surface area (Å²) in [6.45, 7) is 2.59. The van der Waals surface area contributed by atoms with Crippen molar-refractivity contribution in [1.82, 2.24) is 9.88 Å². The highest BCUT2D eigenvalue weighted by molar-refractivity contribution is 14.1. The Kier molecular flexibility index (Phi) is 3.29. The number of thiazole rings is 1. The average Bonchev–Trinajstić information content (AvgIpc) is 2.65. The second-order valence-electron chi connectivity index (χ2n) is 3.20. The van der Waals surface area contributed by atoms with Crippen LogP contribution in [0.15, 0.2) is 6.20 Å². The second-order valence-corrected chi connectivity index (χ2v) is 6.11. The summed E-state index contributed by atoms with van der Waals surface area (Å²) in [5, 5.41) is 9.78. The first-order chi connectivity index (χ1) is 7.16. The Hall–Kier alpha value is -0.570. The van der Waals surface area contributed by atoms with Gasteiger partial charge >= 0.3 is 6.09 Å². The molecule has 82 valence electrons. The lowest BCUT2D eigenvalue weighted by molar-refractivity contribution is 0.142. The molecule has 0 unspecified atom stereocenters. The van der Waals surface area contributed by atoms with Crippen LogP contribution in [0.2, 0.25) is 0 Å². The zero-order valence-electron chi connectivity index (χ0n) is 7.89. The molecule has 1 N–H and O–H groups in total. The zero-order chi connectivity index (χ0) is 10.8. The van der Waals surface area contributed by atoms with Gasteiger partial charge in [-0.05, 0) is 22.6 Å².